The molecule has 1 aromatic carbocycles. The monoisotopic (exact) mass is 426 g/mol. The predicted octanol–water partition coefficient (Wildman–Crippen LogP) is 4.27. The van der Waals surface area contributed by atoms with E-state index in [0.717, 1.165) is 20.8 Å². The Morgan fingerprint density at radius 3 is 2.96 bits per heavy atom. The van der Waals surface area contributed by atoms with Crippen molar-refractivity contribution in [1.82, 2.24) is 14.9 Å². The summed E-state index contributed by atoms with van der Waals surface area (Å²) in [5, 5.41) is 7.12. The minimum absolute atomic E-state index is 0.0122. The second-order valence-electron chi connectivity index (χ2n) is 6.37. The van der Waals surface area contributed by atoms with E-state index in [4.69, 9.17) is 0 Å². The second kappa shape index (κ2) is 7.08. The molecule has 0 saturated carbocycles. The SMILES string of the molecule is O=C(Nc1nc2c(s1)CN(C(=O)c1ccc3ncsc3c1)CC2)c1ccsc1. The number of carbonyl (C=O) groups is 2. The van der Waals surface area contributed by atoms with E-state index in [2.05, 4.69) is 15.3 Å². The molecule has 28 heavy (non-hydrogen) atoms. The van der Waals surface area contributed by atoms with Gasteiger partial charge in [-0.2, -0.15) is 11.3 Å². The summed E-state index contributed by atoms with van der Waals surface area (Å²) in [4.78, 5) is 36.8. The standard InChI is InChI=1S/C19H14N4O2S3/c24-17(12-4-6-26-9-12)22-19-21-14-3-5-23(8-16(14)28-19)18(25)11-1-2-13-15(7-11)27-10-20-13/h1-2,4,6-7,9-10H,3,5,8H2,(H,21,22,24). The molecule has 0 bridgehead atoms. The molecule has 4 aromatic rings. The van der Waals surface area contributed by atoms with Gasteiger partial charge in [-0.3, -0.25) is 14.9 Å². The summed E-state index contributed by atoms with van der Waals surface area (Å²) in [6.45, 7) is 1.13. The summed E-state index contributed by atoms with van der Waals surface area (Å²) < 4.78 is 1.01. The lowest BCUT2D eigenvalue weighted by molar-refractivity contribution is 0.0736. The average molecular weight is 427 g/mol. The van der Waals surface area contributed by atoms with E-state index in [-0.39, 0.29) is 11.8 Å². The summed E-state index contributed by atoms with van der Waals surface area (Å²) in [5.74, 6) is -0.142. The number of carbonyl (C=O) groups excluding carboxylic acids is 2. The first-order chi connectivity index (χ1) is 13.7. The maximum absolute atomic E-state index is 12.9. The predicted molar refractivity (Wildman–Crippen MR) is 112 cm³/mol. The molecule has 0 spiro atoms. The van der Waals surface area contributed by atoms with Gasteiger partial charge in [0.2, 0.25) is 0 Å². The van der Waals surface area contributed by atoms with Gasteiger partial charge < -0.3 is 4.90 Å². The van der Waals surface area contributed by atoms with E-state index in [1.807, 2.05) is 33.9 Å². The van der Waals surface area contributed by atoms with Gasteiger partial charge in [0, 0.05) is 28.8 Å². The first-order valence-electron chi connectivity index (χ1n) is 8.62. The van der Waals surface area contributed by atoms with Crippen molar-refractivity contribution >= 4 is 61.2 Å². The fraction of sp³-hybridized carbons (Fsp3) is 0.158. The molecule has 2 amide bonds. The van der Waals surface area contributed by atoms with Crippen molar-refractivity contribution in [2.45, 2.75) is 13.0 Å². The van der Waals surface area contributed by atoms with E-state index in [1.54, 1.807) is 11.6 Å². The number of thiophene rings is 1. The minimum Gasteiger partial charge on any atom is -0.333 e. The van der Waals surface area contributed by atoms with E-state index in [1.165, 1.54) is 34.0 Å². The second-order valence-corrected chi connectivity index (χ2v) is 9.12. The Morgan fingerprint density at radius 2 is 2.11 bits per heavy atom. The number of amides is 2. The molecule has 0 aliphatic carbocycles. The van der Waals surface area contributed by atoms with Gasteiger partial charge >= 0.3 is 0 Å². The van der Waals surface area contributed by atoms with Crippen LogP contribution in [0.3, 0.4) is 0 Å². The van der Waals surface area contributed by atoms with Crippen molar-refractivity contribution in [2.24, 2.45) is 0 Å². The fourth-order valence-corrected chi connectivity index (χ4v) is 5.53. The third kappa shape index (κ3) is 3.21. The van der Waals surface area contributed by atoms with Gasteiger partial charge in [0.1, 0.15) is 0 Å². The lowest BCUT2D eigenvalue weighted by atomic mass is 10.1. The molecular formula is C19H14N4O2S3. The largest absolute Gasteiger partial charge is 0.333 e. The van der Waals surface area contributed by atoms with Gasteiger partial charge in [0.05, 0.1) is 33.5 Å². The minimum atomic E-state index is -0.155. The van der Waals surface area contributed by atoms with Crippen LogP contribution in [0.4, 0.5) is 5.13 Å². The number of aromatic nitrogens is 2. The number of rotatable bonds is 3. The number of fused-ring (bicyclic) bond motifs is 2. The van der Waals surface area contributed by atoms with Crippen molar-refractivity contribution in [1.29, 1.82) is 0 Å². The molecule has 1 aliphatic rings. The summed E-state index contributed by atoms with van der Waals surface area (Å²) in [5.41, 5.74) is 4.97. The first-order valence-corrected chi connectivity index (χ1v) is 11.3. The molecule has 0 saturated heterocycles. The summed E-state index contributed by atoms with van der Waals surface area (Å²) >= 11 is 4.46. The van der Waals surface area contributed by atoms with Crippen LogP contribution in [0.5, 0.6) is 0 Å². The van der Waals surface area contributed by atoms with Crippen LogP contribution < -0.4 is 5.32 Å². The number of hydrogen-bond donors (Lipinski definition) is 1. The molecule has 1 N–H and O–H groups in total. The van der Waals surface area contributed by atoms with E-state index >= 15 is 0 Å². The zero-order valence-electron chi connectivity index (χ0n) is 14.5. The Morgan fingerprint density at radius 1 is 1.18 bits per heavy atom. The maximum Gasteiger partial charge on any atom is 0.258 e. The van der Waals surface area contributed by atoms with E-state index < -0.39 is 0 Å². The van der Waals surface area contributed by atoms with Crippen molar-refractivity contribution in [3.05, 3.63) is 62.2 Å². The van der Waals surface area contributed by atoms with Gasteiger partial charge in [-0.15, -0.1) is 11.3 Å². The highest BCUT2D eigenvalue weighted by molar-refractivity contribution is 7.16. The number of nitrogens with one attached hydrogen (secondary N) is 1. The Bertz CT molecular complexity index is 1180. The molecule has 5 rings (SSSR count). The Kier molecular flexibility index (Phi) is 4.42. The average Bonchev–Trinajstić information content (AvgIpc) is 3.45. The number of hydrogen-bond acceptors (Lipinski definition) is 7. The molecule has 0 fully saturated rings. The van der Waals surface area contributed by atoms with Gasteiger partial charge in [-0.05, 0) is 29.6 Å². The summed E-state index contributed by atoms with van der Waals surface area (Å²) in [6.07, 6.45) is 0.689. The number of benzene rings is 1. The van der Waals surface area contributed by atoms with Crippen LogP contribution in [0.2, 0.25) is 0 Å². The van der Waals surface area contributed by atoms with E-state index in [9.17, 15) is 9.59 Å². The lowest BCUT2D eigenvalue weighted by Crippen LogP contribution is -2.35. The van der Waals surface area contributed by atoms with Crippen LogP contribution in [0.15, 0.2) is 40.5 Å². The molecule has 0 radical (unpaired) electrons. The zero-order valence-corrected chi connectivity index (χ0v) is 17.0. The quantitative estimate of drug-likeness (QED) is 0.531. The van der Waals surface area contributed by atoms with E-state index in [0.29, 0.717) is 35.8 Å². The van der Waals surface area contributed by atoms with Crippen LogP contribution in [0.1, 0.15) is 31.3 Å². The fourth-order valence-electron chi connectivity index (χ4n) is 3.16. The topological polar surface area (TPSA) is 75.2 Å². The molecule has 9 heteroatoms. The number of thiazole rings is 2. The van der Waals surface area contributed by atoms with Gasteiger partial charge in [-0.25, -0.2) is 9.97 Å². The summed E-state index contributed by atoms with van der Waals surface area (Å²) in [6, 6.07) is 7.41. The summed E-state index contributed by atoms with van der Waals surface area (Å²) in [7, 11) is 0. The van der Waals surface area contributed by atoms with Crippen LogP contribution in [-0.2, 0) is 13.0 Å². The third-order valence-corrected chi connectivity index (χ3v) is 7.07. The smallest absolute Gasteiger partial charge is 0.258 e. The lowest BCUT2D eigenvalue weighted by Gasteiger charge is -2.26. The van der Waals surface area contributed by atoms with Gasteiger partial charge in [-0.1, -0.05) is 11.3 Å². The third-order valence-electron chi connectivity index (χ3n) is 4.60. The van der Waals surface area contributed by atoms with Crippen LogP contribution in [-0.4, -0.2) is 33.2 Å². The molecule has 140 valence electrons. The molecule has 1 aliphatic heterocycles. The number of nitrogens with zero attached hydrogens (tertiary/aromatic N) is 3. The Labute approximate surface area is 172 Å². The van der Waals surface area contributed by atoms with Crippen molar-refractivity contribution in [3.8, 4) is 0 Å². The highest BCUT2D eigenvalue weighted by Gasteiger charge is 2.25. The molecular weight excluding hydrogens is 412 g/mol. The zero-order chi connectivity index (χ0) is 19.1. The highest BCUT2D eigenvalue weighted by atomic mass is 32.1. The Hall–Kier alpha value is -2.62. The van der Waals surface area contributed by atoms with Crippen molar-refractivity contribution in [2.75, 3.05) is 11.9 Å². The molecule has 0 unspecified atom stereocenters. The van der Waals surface area contributed by atoms with Crippen LogP contribution in [0.25, 0.3) is 10.2 Å². The van der Waals surface area contributed by atoms with Crippen LogP contribution >= 0.6 is 34.0 Å². The van der Waals surface area contributed by atoms with Gasteiger partial charge in [0.25, 0.3) is 11.8 Å². The Balaban J connectivity index is 1.32. The first kappa shape index (κ1) is 17.5. The maximum atomic E-state index is 12.9. The van der Waals surface area contributed by atoms with Crippen LogP contribution in [0, 0.1) is 0 Å². The molecule has 6 nitrogen and oxygen atoms in total. The highest BCUT2D eigenvalue weighted by Crippen LogP contribution is 2.30. The van der Waals surface area contributed by atoms with Gasteiger partial charge in [0.15, 0.2) is 5.13 Å². The normalized spacial score (nSPS) is 13.5. The molecule has 3 aromatic heterocycles. The van der Waals surface area contributed by atoms with Crippen molar-refractivity contribution in [3.63, 3.8) is 0 Å². The van der Waals surface area contributed by atoms with Crippen molar-refractivity contribution < 1.29 is 9.59 Å². The molecule has 0 atom stereocenters. The molecule has 4 heterocycles. The number of anilines is 1.